The number of benzene rings is 3. The van der Waals surface area contributed by atoms with Gasteiger partial charge in [0.2, 0.25) is 15.9 Å². The van der Waals surface area contributed by atoms with Crippen LogP contribution in [0.2, 0.25) is 0 Å². The van der Waals surface area contributed by atoms with Crippen LogP contribution in [0.1, 0.15) is 29.5 Å². The molecule has 3 aromatic rings. The van der Waals surface area contributed by atoms with Gasteiger partial charge in [-0.15, -0.1) is 0 Å². The Hall–Kier alpha value is -3.27. The molecule has 0 saturated carbocycles. The molecule has 2 aliphatic rings. The van der Waals surface area contributed by atoms with Crippen LogP contribution >= 0.6 is 0 Å². The molecule has 0 bridgehead atoms. The molecule has 0 aromatic heterocycles. The second kappa shape index (κ2) is 9.89. The number of nitrogens with one attached hydrogen (secondary N) is 1. The number of phenolic OH excluding ortho intramolecular Hbond substituents is 1. The van der Waals surface area contributed by atoms with Crippen LogP contribution in [0.25, 0.3) is 0 Å². The number of phenols is 1. The maximum Gasteiger partial charge on any atom is 0.243 e. The Morgan fingerprint density at radius 2 is 1.70 bits per heavy atom. The second-order valence-corrected chi connectivity index (χ2v) is 11.7. The molecular weight excluding hydrogens is 493 g/mol. The molecule has 1 spiro atoms. The third-order valence-electron chi connectivity index (χ3n) is 7.46. The zero-order chi connectivity index (χ0) is 26.2. The molecule has 1 unspecified atom stereocenters. The Balaban J connectivity index is 1.40. The van der Waals surface area contributed by atoms with Crippen molar-refractivity contribution in [1.29, 1.82) is 0 Å². The van der Waals surface area contributed by atoms with Crippen molar-refractivity contribution < 1.29 is 22.7 Å². The number of rotatable bonds is 6. The average Bonchev–Trinajstić information content (AvgIpc) is 3.13. The zero-order valence-electron chi connectivity index (χ0n) is 20.6. The van der Waals surface area contributed by atoms with E-state index in [1.54, 1.807) is 36.1 Å². The maximum absolute atomic E-state index is 14.6. The number of halogens is 1. The Kier molecular flexibility index (Phi) is 6.78. The van der Waals surface area contributed by atoms with Crippen LogP contribution < -0.4 is 5.32 Å². The standard InChI is InChI=1S/C28H30FN3O4S/c1-20-11-12-23(18-26(20)33)37(35,36)31-15-13-28(14-16-31)30-25(17-21-7-3-2-4-8-21)27(34)32(28)19-22-9-5-6-10-24(22)29/h2-12,18,25,30,33H,13-17,19H2,1H3. The molecule has 2 fully saturated rings. The minimum atomic E-state index is -3.82. The smallest absolute Gasteiger partial charge is 0.243 e. The Labute approximate surface area is 216 Å². The lowest BCUT2D eigenvalue weighted by Gasteiger charge is -2.44. The van der Waals surface area contributed by atoms with Gasteiger partial charge in [-0.05, 0) is 49.4 Å². The van der Waals surface area contributed by atoms with E-state index in [0.29, 0.717) is 30.4 Å². The van der Waals surface area contributed by atoms with Crippen molar-refractivity contribution in [3.05, 3.63) is 95.3 Å². The fraction of sp³-hybridized carbons (Fsp3) is 0.321. The first-order chi connectivity index (χ1) is 17.7. The van der Waals surface area contributed by atoms with Gasteiger partial charge in [-0.3, -0.25) is 10.1 Å². The van der Waals surface area contributed by atoms with Gasteiger partial charge in [0.05, 0.1) is 23.1 Å². The SMILES string of the molecule is Cc1ccc(S(=O)(=O)N2CCC3(CC2)NC(Cc2ccccc2)C(=O)N3Cc2ccccc2F)cc1O. The summed E-state index contributed by atoms with van der Waals surface area (Å²) in [7, 11) is -3.82. The van der Waals surface area contributed by atoms with Crippen molar-refractivity contribution in [2.24, 2.45) is 0 Å². The van der Waals surface area contributed by atoms with Gasteiger partial charge in [0.15, 0.2) is 0 Å². The van der Waals surface area contributed by atoms with Crippen LogP contribution in [0, 0.1) is 12.7 Å². The van der Waals surface area contributed by atoms with Crippen LogP contribution in [0.3, 0.4) is 0 Å². The fourth-order valence-electron chi connectivity index (χ4n) is 5.29. The lowest BCUT2D eigenvalue weighted by atomic mass is 9.96. The van der Waals surface area contributed by atoms with E-state index >= 15 is 0 Å². The number of hydrogen-bond donors (Lipinski definition) is 2. The molecule has 1 atom stereocenters. The normalized spacial score (nSPS) is 20.0. The van der Waals surface area contributed by atoms with Gasteiger partial charge >= 0.3 is 0 Å². The highest BCUT2D eigenvalue weighted by Gasteiger charge is 2.52. The molecule has 194 valence electrons. The number of carbonyl (C=O) groups excluding carboxylic acids is 1. The van der Waals surface area contributed by atoms with Gasteiger partial charge in [0.25, 0.3) is 0 Å². The van der Waals surface area contributed by atoms with Crippen LogP contribution in [-0.2, 0) is 27.8 Å². The highest BCUT2D eigenvalue weighted by molar-refractivity contribution is 7.89. The summed E-state index contributed by atoms with van der Waals surface area (Å²) < 4.78 is 42.6. The van der Waals surface area contributed by atoms with Gasteiger partial charge in [-0.1, -0.05) is 54.6 Å². The van der Waals surface area contributed by atoms with Crippen molar-refractivity contribution in [3.8, 4) is 5.75 Å². The number of hydrogen-bond acceptors (Lipinski definition) is 5. The number of piperidine rings is 1. The second-order valence-electron chi connectivity index (χ2n) is 9.79. The van der Waals surface area contributed by atoms with E-state index in [-0.39, 0.29) is 42.0 Å². The molecule has 9 heteroatoms. The van der Waals surface area contributed by atoms with E-state index in [9.17, 15) is 22.7 Å². The molecule has 1 amide bonds. The summed E-state index contributed by atoms with van der Waals surface area (Å²) in [5.74, 6) is -0.569. The molecular formula is C28H30FN3O4S. The Bertz CT molecular complexity index is 1410. The molecule has 37 heavy (non-hydrogen) atoms. The zero-order valence-corrected chi connectivity index (χ0v) is 21.4. The average molecular weight is 524 g/mol. The Morgan fingerprint density at radius 3 is 2.38 bits per heavy atom. The number of aromatic hydroxyl groups is 1. The van der Waals surface area contributed by atoms with Gasteiger partial charge in [0.1, 0.15) is 11.6 Å². The van der Waals surface area contributed by atoms with Crippen LogP contribution in [-0.4, -0.2) is 53.4 Å². The molecule has 2 N–H and O–H groups in total. The molecule has 3 aromatic carbocycles. The van der Waals surface area contributed by atoms with Crippen molar-refractivity contribution >= 4 is 15.9 Å². The minimum Gasteiger partial charge on any atom is -0.508 e. The monoisotopic (exact) mass is 523 g/mol. The number of sulfonamides is 1. The summed E-state index contributed by atoms with van der Waals surface area (Å²) in [6.45, 7) is 2.17. The molecule has 2 aliphatic heterocycles. The summed E-state index contributed by atoms with van der Waals surface area (Å²) in [6.07, 6.45) is 1.20. The first-order valence-electron chi connectivity index (χ1n) is 12.4. The number of amides is 1. The van der Waals surface area contributed by atoms with Gasteiger partial charge < -0.3 is 10.0 Å². The van der Waals surface area contributed by atoms with E-state index < -0.39 is 21.7 Å². The predicted molar refractivity (Wildman–Crippen MR) is 138 cm³/mol. The molecule has 0 aliphatic carbocycles. The lowest BCUT2D eigenvalue weighted by Crippen LogP contribution is -2.59. The first kappa shape index (κ1) is 25.4. The highest BCUT2D eigenvalue weighted by atomic mass is 32.2. The van der Waals surface area contributed by atoms with Crippen molar-refractivity contribution in [2.45, 2.75) is 49.3 Å². The highest BCUT2D eigenvalue weighted by Crippen LogP contribution is 2.37. The van der Waals surface area contributed by atoms with E-state index in [0.717, 1.165) is 5.56 Å². The summed E-state index contributed by atoms with van der Waals surface area (Å²) in [4.78, 5) is 15.4. The predicted octanol–water partition coefficient (Wildman–Crippen LogP) is 3.56. The van der Waals surface area contributed by atoms with Crippen LogP contribution in [0.15, 0.2) is 77.7 Å². The quantitative estimate of drug-likeness (QED) is 0.516. The third kappa shape index (κ3) is 4.86. The molecule has 2 heterocycles. The van der Waals surface area contributed by atoms with Crippen molar-refractivity contribution in [3.63, 3.8) is 0 Å². The number of carbonyl (C=O) groups is 1. The van der Waals surface area contributed by atoms with E-state index in [1.807, 2.05) is 30.3 Å². The molecule has 5 rings (SSSR count). The van der Waals surface area contributed by atoms with Crippen molar-refractivity contribution in [2.75, 3.05) is 13.1 Å². The first-order valence-corrected chi connectivity index (χ1v) is 13.8. The van der Waals surface area contributed by atoms with Gasteiger partial charge in [-0.25, -0.2) is 12.8 Å². The Morgan fingerprint density at radius 1 is 1.03 bits per heavy atom. The lowest BCUT2D eigenvalue weighted by molar-refractivity contribution is -0.134. The molecule has 0 radical (unpaired) electrons. The van der Waals surface area contributed by atoms with E-state index in [4.69, 9.17) is 0 Å². The largest absolute Gasteiger partial charge is 0.508 e. The number of aryl methyl sites for hydroxylation is 1. The minimum absolute atomic E-state index is 0.0344. The summed E-state index contributed by atoms with van der Waals surface area (Å²) in [5.41, 5.74) is 1.23. The van der Waals surface area contributed by atoms with Gasteiger partial charge in [0, 0.05) is 24.7 Å². The third-order valence-corrected chi connectivity index (χ3v) is 9.36. The molecule has 7 nitrogen and oxygen atoms in total. The van der Waals surface area contributed by atoms with Crippen LogP contribution in [0.5, 0.6) is 5.75 Å². The maximum atomic E-state index is 14.6. The van der Waals surface area contributed by atoms with Crippen molar-refractivity contribution in [1.82, 2.24) is 14.5 Å². The summed E-state index contributed by atoms with van der Waals surface area (Å²) >= 11 is 0. The van der Waals surface area contributed by atoms with E-state index in [2.05, 4.69) is 5.32 Å². The topological polar surface area (TPSA) is 90.0 Å². The molecule has 2 saturated heterocycles. The number of nitrogens with zero attached hydrogens (tertiary/aromatic N) is 2. The summed E-state index contributed by atoms with van der Waals surface area (Å²) in [5, 5.41) is 13.6. The summed E-state index contributed by atoms with van der Waals surface area (Å²) in [6, 6.07) is 20.0. The van der Waals surface area contributed by atoms with Crippen LogP contribution in [0.4, 0.5) is 4.39 Å². The fourth-order valence-corrected chi connectivity index (χ4v) is 6.75. The van der Waals surface area contributed by atoms with E-state index in [1.165, 1.54) is 22.5 Å². The van der Waals surface area contributed by atoms with Gasteiger partial charge in [-0.2, -0.15) is 4.31 Å².